The zero-order chi connectivity index (χ0) is 42.4. The van der Waals surface area contributed by atoms with Crippen molar-refractivity contribution < 1.29 is 104 Å². The fourth-order valence-electron chi connectivity index (χ4n) is 6.50. The van der Waals surface area contributed by atoms with Gasteiger partial charge < -0.3 is 95.0 Å². The Bertz CT molecular complexity index is 1180. The normalized spacial score (nSPS) is 36.5. The van der Waals surface area contributed by atoms with E-state index in [0.29, 0.717) is 19.3 Å². The molecule has 57 heavy (non-hydrogen) atoms. The van der Waals surface area contributed by atoms with E-state index in [2.05, 4.69) is 5.32 Å². The lowest BCUT2D eigenvalue weighted by Gasteiger charge is -2.41. The van der Waals surface area contributed by atoms with E-state index in [4.69, 9.17) is 33.5 Å². The van der Waals surface area contributed by atoms with Gasteiger partial charge in [0, 0.05) is 32.5 Å². The van der Waals surface area contributed by atoms with Crippen LogP contribution in [0.1, 0.15) is 51.9 Å². The standard InChI is InChI=1S/C34H60N2O21/c1-16-22(42)25(45)30(50)34(54-16)57-31(51)17(6-4-5-9-35-20(39)7-2-3-8-21(40)41)36(10-12-52-32-28(48)26(46)23(43)18(14-37)55-32)11-13-53-33-29(49)27(47)24(44)19(15-38)56-33/h16-19,22-30,32-34,37-38,42-50H,2-15H2,1H3,(H,35,39)(H,40,41)/t16-,17-,18+,19+,22+,23+,24+,25+,26-,27-,28-,29-,30-,32-,33-,34-/m0/s1. The van der Waals surface area contributed by atoms with Gasteiger partial charge in [-0.1, -0.05) is 0 Å². The van der Waals surface area contributed by atoms with Crippen molar-refractivity contribution in [3.63, 3.8) is 0 Å². The minimum atomic E-state index is -1.84. The maximum absolute atomic E-state index is 13.9. The topological polar surface area (TPSA) is 365 Å². The molecule has 13 N–H and O–H groups in total. The smallest absolute Gasteiger partial charge is 0.325 e. The molecule has 0 saturated carbocycles. The minimum Gasteiger partial charge on any atom is -0.481 e. The molecule has 3 aliphatic rings. The van der Waals surface area contributed by atoms with E-state index in [1.165, 1.54) is 11.8 Å². The van der Waals surface area contributed by atoms with Crippen molar-refractivity contribution >= 4 is 17.8 Å². The lowest BCUT2D eigenvalue weighted by molar-refractivity contribution is -0.303. The van der Waals surface area contributed by atoms with Gasteiger partial charge >= 0.3 is 11.9 Å². The molecule has 0 aromatic heterocycles. The quantitative estimate of drug-likeness (QED) is 0.0336. The molecule has 3 heterocycles. The average Bonchev–Trinajstić information content (AvgIpc) is 3.18. The summed E-state index contributed by atoms with van der Waals surface area (Å²) in [6.07, 6.45) is -22.4. The van der Waals surface area contributed by atoms with Crippen LogP contribution in [0.15, 0.2) is 0 Å². The van der Waals surface area contributed by atoms with Crippen LogP contribution in [0.25, 0.3) is 0 Å². The number of nitrogens with zero attached hydrogens (tertiary/aromatic N) is 1. The molecule has 0 aromatic carbocycles. The SMILES string of the molecule is C[C@@H]1O[C@@H](OC(=O)[C@H](CCCCNC(=O)CCCCC(=O)O)N(CCO[C@H]2O[C@H](CO)[C@@H](O)[C@H](O)[C@@H]2O)CCO[C@H]2O[C@H](CO)[C@@H](O)[C@H](O)[C@@H]2O)[C@@H](O)[C@H](O)[C@@H]1O. The van der Waals surface area contributed by atoms with E-state index in [9.17, 15) is 70.6 Å². The van der Waals surface area contributed by atoms with Gasteiger partial charge in [0.05, 0.1) is 32.5 Å². The Kier molecular flexibility index (Phi) is 20.8. The molecule has 23 heteroatoms. The van der Waals surface area contributed by atoms with Crippen molar-refractivity contribution in [1.29, 1.82) is 0 Å². The molecule has 0 aliphatic carbocycles. The molecule has 0 bridgehead atoms. The summed E-state index contributed by atoms with van der Waals surface area (Å²) in [7, 11) is 0. The van der Waals surface area contributed by atoms with Crippen LogP contribution in [0.5, 0.6) is 0 Å². The molecule has 0 spiro atoms. The summed E-state index contributed by atoms with van der Waals surface area (Å²) in [6.45, 7) is -0.916. The Balaban J connectivity index is 1.78. The molecular weight excluding hydrogens is 772 g/mol. The number of rotatable bonds is 23. The van der Waals surface area contributed by atoms with Gasteiger partial charge in [0.25, 0.3) is 0 Å². The number of ether oxygens (including phenoxy) is 6. The number of hydrogen-bond acceptors (Lipinski definition) is 21. The number of carboxylic acid groups (broad SMARTS) is 1. The number of aliphatic carboxylic acids is 1. The second-order valence-corrected chi connectivity index (χ2v) is 14.3. The summed E-state index contributed by atoms with van der Waals surface area (Å²) >= 11 is 0. The first kappa shape index (κ1) is 49.1. The molecule has 3 rings (SSSR count). The van der Waals surface area contributed by atoms with Gasteiger partial charge in [-0.05, 0) is 39.0 Å². The summed E-state index contributed by atoms with van der Waals surface area (Å²) in [5.74, 6) is -2.25. The van der Waals surface area contributed by atoms with Crippen molar-refractivity contribution in [3.8, 4) is 0 Å². The van der Waals surface area contributed by atoms with Crippen LogP contribution in [0.4, 0.5) is 0 Å². The Morgan fingerprint density at radius 1 is 0.632 bits per heavy atom. The van der Waals surface area contributed by atoms with E-state index in [-0.39, 0.29) is 64.4 Å². The van der Waals surface area contributed by atoms with Crippen molar-refractivity contribution in [2.24, 2.45) is 0 Å². The van der Waals surface area contributed by atoms with Crippen LogP contribution in [0.3, 0.4) is 0 Å². The second-order valence-electron chi connectivity index (χ2n) is 14.3. The summed E-state index contributed by atoms with van der Waals surface area (Å²) < 4.78 is 33.1. The molecule has 3 aliphatic heterocycles. The molecule has 16 atom stereocenters. The van der Waals surface area contributed by atoms with Crippen LogP contribution < -0.4 is 5.32 Å². The predicted octanol–water partition coefficient (Wildman–Crippen LogP) is -6.41. The highest BCUT2D eigenvalue weighted by atomic mass is 16.7. The lowest BCUT2D eigenvalue weighted by Crippen LogP contribution is -2.60. The van der Waals surface area contributed by atoms with Crippen molar-refractivity contribution in [3.05, 3.63) is 0 Å². The van der Waals surface area contributed by atoms with Gasteiger partial charge in [0.15, 0.2) is 12.6 Å². The molecule has 3 fully saturated rings. The third-order valence-corrected chi connectivity index (χ3v) is 10.0. The van der Waals surface area contributed by atoms with E-state index in [1.807, 2.05) is 0 Å². The Morgan fingerprint density at radius 2 is 1.12 bits per heavy atom. The monoisotopic (exact) mass is 832 g/mol. The van der Waals surface area contributed by atoms with Gasteiger partial charge in [-0.15, -0.1) is 0 Å². The van der Waals surface area contributed by atoms with Gasteiger partial charge in [-0.2, -0.15) is 0 Å². The number of carbonyl (C=O) groups excluding carboxylic acids is 2. The predicted molar refractivity (Wildman–Crippen MR) is 186 cm³/mol. The maximum Gasteiger partial charge on any atom is 0.325 e. The van der Waals surface area contributed by atoms with Crippen LogP contribution in [0.2, 0.25) is 0 Å². The Morgan fingerprint density at radius 3 is 1.63 bits per heavy atom. The summed E-state index contributed by atoms with van der Waals surface area (Å²) in [6, 6.07) is -1.23. The molecule has 3 saturated heterocycles. The first-order chi connectivity index (χ1) is 27.0. The third-order valence-electron chi connectivity index (χ3n) is 10.0. The van der Waals surface area contributed by atoms with Crippen molar-refractivity contribution in [2.75, 3.05) is 46.1 Å². The summed E-state index contributed by atoms with van der Waals surface area (Å²) in [5.41, 5.74) is 0. The number of esters is 1. The van der Waals surface area contributed by atoms with Crippen LogP contribution in [0, 0.1) is 0 Å². The highest BCUT2D eigenvalue weighted by molar-refractivity contribution is 5.76. The zero-order valence-corrected chi connectivity index (χ0v) is 31.6. The number of aliphatic hydroxyl groups excluding tert-OH is 11. The molecule has 0 unspecified atom stereocenters. The largest absolute Gasteiger partial charge is 0.481 e. The second kappa shape index (κ2) is 24.1. The lowest BCUT2D eigenvalue weighted by atomic mass is 9.99. The summed E-state index contributed by atoms with van der Waals surface area (Å²) in [4.78, 5) is 38.3. The van der Waals surface area contributed by atoms with Gasteiger partial charge in [-0.3, -0.25) is 19.3 Å². The molecule has 23 nitrogen and oxygen atoms in total. The zero-order valence-electron chi connectivity index (χ0n) is 31.6. The number of unbranched alkanes of at least 4 members (excludes halogenated alkanes) is 2. The van der Waals surface area contributed by atoms with Gasteiger partial charge in [0.1, 0.15) is 73.2 Å². The first-order valence-electron chi connectivity index (χ1n) is 19.0. The highest BCUT2D eigenvalue weighted by Crippen LogP contribution is 2.26. The number of amides is 1. The van der Waals surface area contributed by atoms with E-state index in [0.717, 1.165) is 0 Å². The van der Waals surface area contributed by atoms with Crippen LogP contribution in [-0.2, 0) is 42.8 Å². The molecular formula is C34H60N2O21. The number of aliphatic hydroxyl groups is 11. The molecule has 0 radical (unpaired) electrons. The van der Waals surface area contributed by atoms with Crippen molar-refractivity contribution in [1.82, 2.24) is 10.2 Å². The van der Waals surface area contributed by atoms with Crippen LogP contribution in [-0.4, -0.2) is 228 Å². The summed E-state index contributed by atoms with van der Waals surface area (Å²) in [5, 5.41) is 123. The molecule has 1 amide bonds. The molecule has 332 valence electrons. The van der Waals surface area contributed by atoms with E-state index in [1.54, 1.807) is 0 Å². The number of hydrogen-bond donors (Lipinski definition) is 13. The first-order valence-corrected chi connectivity index (χ1v) is 19.0. The van der Waals surface area contributed by atoms with Crippen molar-refractivity contribution in [2.45, 2.75) is 150 Å². The number of nitrogens with one attached hydrogen (secondary N) is 1. The Hall–Kier alpha value is -2.27. The van der Waals surface area contributed by atoms with E-state index < -0.39 is 123 Å². The average molecular weight is 833 g/mol. The molecule has 0 aromatic rings. The Labute approximate surface area is 328 Å². The third kappa shape index (κ3) is 14.2. The maximum atomic E-state index is 13.9. The highest BCUT2D eigenvalue weighted by Gasteiger charge is 2.47. The number of carbonyl (C=O) groups is 3. The van der Waals surface area contributed by atoms with Gasteiger partial charge in [-0.25, -0.2) is 0 Å². The fraction of sp³-hybridized carbons (Fsp3) is 0.912. The fourth-order valence-corrected chi connectivity index (χ4v) is 6.50. The number of carboxylic acids is 1. The minimum absolute atomic E-state index is 0.0109. The van der Waals surface area contributed by atoms with E-state index >= 15 is 0 Å². The van der Waals surface area contributed by atoms with Gasteiger partial charge in [0.2, 0.25) is 12.2 Å². The van der Waals surface area contributed by atoms with Crippen LogP contribution >= 0.6 is 0 Å².